The summed E-state index contributed by atoms with van der Waals surface area (Å²) in [5.74, 6) is 1.94. The largest absolute Gasteiger partial charge is 0.445 e. The molecule has 0 unspecified atom stereocenters. The molecule has 3 N–H and O–H groups in total. The molecule has 3 rings (SSSR count). The number of thiazole rings is 1. The van der Waals surface area contributed by atoms with E-state index in [1.165, 1.54) is 11.3 Å². The summed E-state index contributed by atoms with van der Waals surface area (Å²) in [6.07, 6.45) is 5.35. The van der Waals surface area contributed by atoms with Gasteiger partial charge in [0.05, 0.1) is 41.1 Å². The van der Waals surface area contributed by atoms with Gasteiger partial charge in [0.2, 0.25) is 11.8 Å². The highest BCUT2D eigenvalue weighted by atomic mass is 32.2. The predicted octanol–water partition coefficient (Wildman–Crippen LogP) is 2.39. The molecule has 0 aliphatic rings. The minimum atomic E-state index is -0.137. The molecule has 0 saturated heterocycles. The van der Waals surface area contributed by atoms with Gasteiger partial charge in [-0.2, -0.15) is 0 Å². The molecule has 0 aromatic carbocycles. The van der Waals surface area contributed by atoms with Crippen molar-refractivity contribution in [3.05, 3.63) is 53.6 Å². The number of aromatic nitrogens is 3. The van der Waals surface area contributed by atoms with Crippen molar-refractivity contribution in [2.24, 2.45) is 0 Å². The van der Waals surface area contributed by atoms with Gasteiger partial charge < -0.3 is 20.2 Å². The first kappa shape index (κ1) is 20.5. The number of carbonyl (C=O) groups excluding carboxylic acids is 1. The van der Waals surface area contributed by atoms with Crippen LogP contribution in [0, 0.1) is 6.92 Å². The van der Waals surface area contributed by atoms with Crippen LogP contribution in [0.5, 0.6) is 0 Å². The van der Waals surface area contributed by atoms with Gasteiger partial charge in [-0.15, -0.1) is 11.8 Å². The summed E-state index contributed by atoms with van der Waals surface area (Å²) in [4.78, 5) is 24.9. The second-order valence-electron chi connectivity index (χ2n) is 5.92. The van der Waals surface area contributed by atoms with Crippen LogP contribution in [0.15, 0.2) is 39.3 Å². The average Bonchev–Trinajstić information content (AvgIpc) is 3.30. The number of hydrogen-bond donors (Lipinski definition) is 3. The average molecular weight is 420 g/mol. The molecule has 0 aliphatic carbocycles. The van der Waals surface area contributed by atoms with Crippen molar-refractivity contribution in [1.82, 2.24) is 20.3 Å². The standard InChI is InChI=1S/C18H21N5O3S2/c1-12-7-21-16(26-12)11-27-17-10-22-18(28-17)23-15(25)6-13-2-3-14(20-8-13)9-19-4-5-24/h2-3,7-8,10,19,24H,4-6,9,11H2,1H3,(H,22,23,25). The Morgan fingerprint density at radius 3 is 2.86 bits per heavy atom. The van der Waals surface area contributed by atoms with Gasteiger partial charge in [-0.3, -0.25) is 9.78 Å². The Balaban J connectivity index is 1.45. The molecule has 0 saturated carbocycles. The molecule has 3 aromatic rings. The van der Waals surface area contributed by atoms with Crippen LogP contribution in [0.2, 0.25) is 0 Å². The van der Waals surface area contributed by atoms with E-state index in [9.17, 15) is 4.79 Å². The van der Waals surface area contributed by atoms with Gasteiger partial charge in [0, 0.05) is 19.3 Å². The van der Waals surface area contributed by atoms with Gasteiger partial charge >= 0.3 is 0 Å². The van der Waals surface area contributed by atoms with Gasteiger partial charge in [0.1, 0.15) is 5.76 Å². The number of aryl methyl sites for hydroxylation is 1. The topological polar surface area (TPSA) is 113 Å². The van der Waals surface area contributed by atoms with E-state index in [-0.39, 0.29) is 18.9 Å². The molecule has 0 spiro atoms. The van der Waals surface area contributed by atoms with Crippen molar-refractivity contribution < 1.29 is 14.3 Å². The third-order valence-corrected chi connectivity index (χ3v) is 5.68. The summed E-state index contributed by atoms with van der Waals surface area (Å²) in [7, 11) is 0. The van der Waals surface area contributed by atoms with Gasteiger partial charge in [-0.05, 0) is 18.6 Å². The summed E-state index contributed by atoms with van der Waals surface area (Å²) in [5.41, 5.74) is 1.69. The zero-order valence-electron chi connectivity index (χ0n) is 15.3. The SMILES string of the molecule is Cc1cnc(CSc2cnc(NC(=O)Cc3ccc(CNCCO)nc3)s2)o1. The number of amides is 1. The quantitative estimate of drug-likeness (QED) is 0.339. The number of hydrogen-bond acceptors (Lipinski definition) is 9. The first-order chi connectivity index (χ1) is 13.6. The summed E-state index contributed by atoms with van der Waals surface area (Å²) in [5, 5.41) is 15.2. The normalized spacial score (nSPS) is 10.9. The van der Waals surface area contributed by atoms with E-state index >= 15 is 0 Å². The lowest BCUT2D eigenvalue weighted by atomic mass is 10.2. The first-order valence-electron chi connectivity index (χ1n) is 8.67. The molecule has 0 aliphatic heterocycles. The Morgan fingerprint density at radius 2 is 2.14 bits per heavy atom. The summed E-state index contributed by atoms with van der Waals surface area (Å²) < 4.78 is 6.42. The number of oxazole rings is 1. The number of carbonyl (C=O) groups is 1. The Kier molecular flexibility index (Phi) is 7.54. The van der Waals surface area contributed by atoms with Crippen LogP contribution in [-0.4, -0.2) is 39.1 Å². The van der Waals surface area contributed by atoms with Crippen LogP contribution in [0.25, 0.3) is 0 Å². The van der Waals surface area contributed by atoms with Crippen LogP contribution in [0.3, 0.4) is 0 Å². The van der Waals surface area contributed by atoms with Crippen LogP contribution in [0.4, 0.5) is 5.13 Å². The van der Waals surface area contributed by atoms with Crippen LogP contribution in [0.1, 0.15) is 22.9 Å². The van der Waals surface area contributed by atoms with Crippen molar-refractivity contribution in [3.63, 3.8) is 0 Å². The fraction of sp³-hybridized carbons (Fsp3) is 0.333. The van der Waals surface area contributed by atoms with E-state index in [0.29, 0.717) is 29.9 Å². The molecule has 8 nitrogen and oxygen atoms in total. The lowest BCUT2D eigenvalue weighted by Gasteiger charge is -2.04. The summed E-state index contributed by atoms with van der Waals surface area (Å²) >= 11 is 2.98. The number of aliphatic hydroxyl groups excluding tert-OH is 1. The Morgan fingerprint density at radius 1 is 1.25 bits per heavy atom. The number of nitrogens with zero attached hydrogens (tertiary/aromatic N) is 3. The highest BCUT2D eigenvalue weighted by Gasteiger charge is 2.10. The lowest BCUT2D eigenvalue weighted by molar-refractivity contribution is -0.115. The van der Waals surface area contributed by atoms with Crippen molar-refractivity contribution in [3.8, 4) is 0 Å². The Hall–Kier alpha value is -2.27. The molecular formula is C18H21N5O3S2. The van der Waals surface area contributed by atoms with Gasteiger partial charge in [0.25, 0.3) is 0 Å². The fourth-order valence-corrected chi connectivity index (χ4v) is 4.04. The maximum Gasteiger partial charge on any atom is 0.230 e. The van der Waals surface area contributed by atoms with E-state index < -0.39 is 0 Å². The molecule has 0 bridgehead atoms. The second-order valence-corrected chi connectivity index (χ2v) is 8.23. The van der Waals surface area contributed by atoms with Gasteiger partial charge in [-0.1, -0.05) is 17.4 Å². The molecule has 3 aromatic heterocycles. The predicted molar refractivity (Wildman–Crippen MR) is 108 cm³/mol. The molecular weight excluding hydrogens is 398 g/mol. The number of nitrogens with one attached hydrogen (secondary N) is 2. The Labute approximate surface area is 170 Å². The van der Waals surface area contributed by atoms with E-state index in [4.69, 9.17) is 9.52 Å². The van der Waals surface area contributed by atoms with Crippen molar-refractivity contribution in [2.45, 2.75) is 29.9 Å². The molecule has 148 valence electrons. The highest BCUT2D eigenvalue weighted by Crippen LogP contribution is 2.30. The summed E-state index contributed by atoms with van der Waals surface area (Å²) in [6.45, 7) is 3.06. The monoisotopic (exact) mass is 419 g/mol. The van der Waals surface area contributed by atoms with Crippen molar-refractivity contribution in [1.29, 1.82) is 0 Å². The molecule has 3 heterocycles. The fourth-order valence-electron chi connectivity index (χ4n) is 2.29. The van der Waals surface area contributed by atoms with E-state index in [0.717, 1.165) is 21.2 Å². The highest BCUT2D eigenvalue weighted by molar-refractivity contribution is 8.00. The minimum absolute atomic E-state index is 0.0919. The van der Waals surface area contributed by atoms with Crippen molar-refractivity contribution >= 4 is 34.1 Å². The molecule has 0 fully saturated rings. The van der Waals surface area contributed by atoms with Gasteiger partial charge in [-0.25, -0.2) is 9.97 Å². The molecule has 0 radical (unpaired) electrons. The van der Waals surface area contributed by atoms with Crippen LogP contribution < -0.4 is 10.6 Å². The van der Waals surface area contributed by atoms with E-state index in [2.05, 4.69) is 25.6 Å². The number of rotatable bonds is 10. The zero-order valence-corrected chi connectivity index (χ0v) is 17.0. The maximum atomic E-state index is 12.2. The molecule has 28 heavy (non-hydrogen) atoms. The molecule has 10 heteroatoms. The summed E-state index contributed by atoms with van der Waals surface area (Å²) in [6, 6.07) is 3.75. The zero-order chi connectivity index (χ0) is 19.8. The van der Waals surface area contributed by atoms with Crippen LogP contribution >= 0.6 is 23.1 Å². The van der Waals surface area contributed by atoms with E-state index in [1.54, 1.807) is 30.4 Å². The second kappa shape index (κ2) is 10.3. The molecule has 1 amide bonds. The number of thioether (sulfide) groups is 1. The third-order valence-electron chi connectivity index (χ3n) is 3.58. The minimum Gasteiger partial charge on any atom is -0.445 e. The Bertz CT molecular complexity index is 895. The third kappa shape index (κ3) is 6.41. The number of anilines is 1. The lowest BCUT2D eigenvalue weighted by Crippen LogP contribution is -2.18. The van der Waals surface area contributed by atoms with Crippen molar-refractivity contribution in [2.75, 3.05) is 18.5 Å². The van der Waals surface area contributed by atoms with Gasteiger partial charge in [0.15, 0.2) is 5.13 Å². The van der Waals surface area contributed by atoms with Crippen LogP contribution in [-0.2, 0) is 23.5 Å². The molecule has 0 atom stereocenters. The first-order valence-corrected chi connectivity index (χ1v) is 10.5. The number of pyridine rings is 1. The smallest absolute Gasteiger partial charge is 0.230 e. The number of aliphatic hydroxyl groups is 1. The maximum absolute atomic E-state index is 12.2. The van der Waals surface area contributed by atoms with E-state index in [1.807, 2.05) is 19.1 Å².